The molecule has 164 valence electrons. The number of nitrogens with one attached hydrogen (secondary N) is 1. The lowest BCUT2D eigenvalue weighted by molar-refractivity contribution is 0.249. The third kappa shape index (κ3) is 5.82. The summed E-state index contributed by atoms with van der Waals surface area (Å²) in [6, 6.07) is 20.3. The van der Waals surface area contributed by atoms with Gasteiger partial charge in [0.15, 0.2) is 5.11 Å². The molecule has 0 aliphatic carbocycles. The molecule has 0 bridgehead atoms. The van der Waals surface area contributed by atoms with Gasteiger partial charge in [0.2, 0.25) is 0 Å². The maximum atomic E-state index is 6.31. The summed E-state index contributed by atoms with van der Waals surface area (Å²) < 4.78 is 0. The van der Waals surface area contributed by atoms with E-state index in [0.717, 1.165) is 60.3 Å². The van der Waals surface area contributed by atoms with E-state index in [9.17, 15) is 0 Å². The van der Waals surface area contributed by atoms with E-state index in [1.165, 1.54) is 5.56 Å². The van der Waals surface area contributed by atoms with Crippen molar-refractivity contribution in [1.29, 1.82) is 0 Å². The number of hydrogen-bond acceptors (Lipinski definition) is 5. The number of thiocarbonyl (C=S) groups is 1. The highest BCUT2D eigenvalue weighted by Gasteiger charge is 2.18. The van der Waals surface area contributed by atoms with Gasteiger partial charge < -0.3 is 10.6 Å². The minimum absolute atomic E-state index is 0.141. The van der Waals surface area contributed by atoms with Crippen LogP contribution < -0.4 is 16.1 Å². The van der Waals surface area contributed by atoms with Gasteiger partial charge in [-0.2, -0.15) is 5.10 Å². The number of pyridine rings is 1. The van der Waals surface area contributed by atoms with Gasteiger partial charge in [0, 0.05) is 49.5 Å². The molecule has 1 aliphatic heterocycles. The lowest BCUT2D eigenvalue weighted by Gasteiger charge is -2.35. The maximum absolute atomic E-state index is 6.31. The number of anilines is 1. The highest BCUT2D eigenvalue weighted by Crippen LogP contribution is 2.23. The Balaban J connectivity index is 1.36. The van der Waals surface area contributed by atoms with Crippen molar-refractivity contribution in [2.45, 2.75) is 6.54 Å². The van der Waals surface area contributed by atoms with E-state index in [1.54, 1.807) is 6.21 Å². The fourth-order valence-electron chi connectivity index (χ4n) is 3.72. The van der Waals surface area contributed by atoms with Crippen LogP contribution in [0, 0.1) is 0 Å². The van der Waals surface area contributed by atoms with Crippen LogP contribution in [0.4, 0.5) is 5.82 Å². The molecular formula is C24H25ClN6S. The van der Waals surface area contributed by atoms with Crippen LogP contribution in [0.1, 0.15) is 11.1 Å². The summed E-state index contributed by atoms with van der Waals surface area (Å²) in [7, 11) is 0. The second-order valence-electron chi connectivity index (χ2n) is 7.62. The summed E-state index contributed by atoms with van der Waals surface area (Å²) >= 11 is 11.1. The van der Waals surface area contributed by atoms with Crippen LogP contribution in [0.2, 0.25) is 5.02 Å². The van der Waals surface area contributed by atoms with Crippen LogP contribution in [0.15, 0.2) is 72.0 Å². The molecule has 0 saturated carbocycles. The van der Waals surface area contributed by atoms with Gasteiger partial charge in [0.05, 0.1) is 6.21 Å². The Bertz CT molecular complexity index is 1090. The van der Waals surface area contributed by atoms with Gasteiger partial charge in [0.1, 0.15) is 5.82 Å². The van der Waals surface area contributed by atoms with Gasteiger partial charge in [0.25, 0.3) is 0 Å². The third-order valence-corrected chi connectivity index (χ3v) is 5.86. The SMILES string of the molecule is NC(=S)NN=Cc1cccc(-c2ccc(N3CCN(Cc4ccccc4Cl)CC3)nc2)c1. The first-order valence-corrected chi connectivity index (χ1v) is 11.2. The number of nitrogens with zero attached hydrogens (tertiary/aromatic N) is 4. The predicted octanol–water partition coefficient (Wildman–Crippen LogP) is 3.89. The van der Waals surface area contributed by atoms with E-state index in [0.29, 0.717) is 0 Å². The van der Waals surface area contributed by atoms with E-state index in [-0.39, 0.29) is 5.11 Å². The average Bonchev–Trinajstić information content (AvgIpc) is 2.81. The van der Waals surface area contributed by atoms with Gasteiger partial charge in [-0.1, -0.05) is 48.0 Å². The molecule has 0 atom stereocenters. The van der Waals surface area contributed by atoms with Crippen molar-refractivity contribution < 1.29 is 0 Å². The summed E-state index contributed by atoms with van der Waals surface area (Å²) in [5.74, 6) is 1.00. The molecule has 2 aromatic carbocycles. The van der Waals surface area contributed by atoms with E-state index >= 15 is 0 Å². The van der Waals surface area contributed by atoms with E-state index in [2.05, 4.69) is 50.7 Å². The number of hydrogen-bond donors (Lipinski definition) is 2. The second-order valence-corrected chi connectivity index (χ2v) is 8.47. The zero-order chi connectivity index (χ0) is 22.3. The van der Waals surface area contributed by atoms with Crippen molar-refractivity contribution in [2.24, 2.45) is 10.8 Å². The predicted molar refractivity (Wildman–Crippen MR) is 136 cm³/mol. The molecule has 0 unspecified atom stereocenters. The Morgan fingerprint density at radius 1 is 1.06 bits per heavy atom. The van der Waals surface area contributed by atoms with Crippen molar-refractivity contribution in [2.75, 3.05) is 31.1 Å². The standard InChI is InChI=1S/C24H25ClN6S/c25-22-7-2-1-5-21(22)17-30-10-12-31(13-11-30)23-9-8-20(16-27-23)19-6-3-4-18(14-19)15-28-29-24(26)32/h1-9,14-16H,10-13,17H2,(H3,26,29,32). The van der Waals surface area contributed by atoms with E-state index < -0.39 is 0 Å². The quantitative estimate of drug-likeness (QED) is 0.327. The average molecular weight is 465 g/mol. The van der Waals surface area contributed by atoms with Crippen molar-refractivity contribution in [1.82, 2.24) is 15.3 Å². The van der Waals surface area contributed by atoms with Crippen LogP contribution in [-0.2, 0) is 6.54 Å². The molecule has 8 heteroatoms. The second kappa shape index (κ2) is 10.5. The largest absolute Gasteiger partial charge is 0.375 e. The zero-order valence-electron chi connectivity index (χ0n) is 17.6. The van der Waals surface area contributed by atoms with E-state index in [1.807, 2.05) is 36.5 Å². The monoisotopic (exact) mass is 464 g/mol. The van der Waals surface area contributed by atoms with Crippen LogP contribution in [-0.4, -0.2) is 47.4 Å². The lowest BCUT2D eigenvalue weighted by Crippen LogP contribution is -2.46. The minimum atomic E-state index is 0.141. The molecule has 0 radical (unpaired) electrons. The Hall–Kier alpha value is -3.00. The first kappa shape index (κ1) is 22.2. The number of nitrogens with two attached hydrogens (primary N) is 1. The Morgan fingerprint density at radius 3 is 2.59 bits per heavy atom. The summed E-state index contributed by atoms with van der Waals surface area (Å²) in [6.07, 6.45) is 3.61. The molecule has 0 spiro atoms. The van der Waals surface area contributed by atoms with Gasteiger partial charge in [-0.3, -0.25) is 10.3 Å². The van der Waals surface area contributed by atoms with Crippen molar-refractivity contribution in [3.8, 4) is 11.1 Å². The number of aromatic nitrogens is 1. The van der Waals surface area contributed by atoms with Gasteiger partial charge in [-0.05, 0) is 53.2 Å². The van der Waals surface area contributed by atoms with Crippen LogP contribution in [0.5, 0.6) is 0 Å². The smallest absolute Gasteiger partial charge is 0.184 e. The molecule has 4 rings (SSSR count). The molecule has 32 heavy (non-hydrogen) atoms. The molecule has 6 nitrogen and oxygen atoms in total. The topological polar surface area (TPSA) is 69.8 Å². The molecule has 3 aromatic rings. The zero-order valence-corrected chi connectivity index (χ0v) is 19.2. The number of halogens is 1. The Labute approximate surface area is 198 Å². The summed E-state index contributed by atoms with van der Waals surface area (Å²) in [5.41, 5.74) is 12.2. The molecule has 1 aromatic heterocycles. The van der Waals surface area contributed by atoms with Gasteiger partial charge >= 0.3 is 0 Å². The molecular weight excluding hydrogens is 440 g/mol. The molecule has 1 aliphatic rings. The molecule has 1 saturated heterocycles. The maximum Gasteiger partial charge on any atom is 0.184 e. The number of hydrazone groups is 1. The minimum Gasteiger partial charge on any atom is -0.375 e. The van der Waals surface area contributed by atoms with Crippen LogP contribution in [0.3, 0.4) is 0 Å². The van der Waals surface area contributed by atoms with Crippen LogP contribution >= 0.6 is 23.8 Å². The number of piperazine rings is 1. The van der Waals surface area contributed by atoms with Gasteiger partial charge in [-0.25, -0.2) is 4.98 Å². The highest BCUT2D eigenvalue weighted by atomic mass is 35.5. The first-order chi connectivity index (χ1) is 15.6. The lowest BCUT2D eigenvalue weighted by atomic mass is 10.1. The normalized spacial score (nSPS) is 14.6. The fourth-order valence-corrected chi connectivity index (χ4v) is 3.96. The van der Waals surface area contributed by atoms with Crippen molar-refractivity contribution in [3.63, 3.8) is 0 Å². The number of rotatable bonds is 6. The Kier molecular flexibility index (Phi) is 7.32. The summed E-state index contributed by atoms with van der Waals surface area (Å²) in [6.45, 7) is 4.73. The highest BCUT2D eigenvalue weighted by molar-refractivity contribution is 7.80. The first-order valence-electron chi connectivity index (χ1n) is 10.4. The molecule has 1 fully saturated rings. The summed E-state index contributed by atoms with van der Waals surface area (Å²) in [4.78, 5) is 9.49. The number of benzene rings is 2. The summed E-state index contributed by atoms with van der Waals surface area (Å²) in [5, 5.41) is 4.99. The fraction of sp³-hybridized carbons (Fsp3) is 0.208. The molecule has 2 heterocycles. The molecule has 0 amide bonds. The Morgan fingerprint density at radius 2 is 1.88 bits per heavy atom. The molecule has 3 N–H and O–H groups in total. The van der Waals surface area contributed by atoms with Crippen molar-refractivity contribution in [3.05, 3.63) is 83.0 Å². The van der Waals surface area contributed by atoms with Crippen molar-refractivity contribution >= 4 is 41.0 Å². The van der Waals surface area contributed by atoms with Gasteiger partial charge in [-0.15, -0.1) is 0 Å². The van der Waals surface area contributed by atoms with E-state index in [4.69, 9.17) is 34.5 Å². The third-order valence-electron chi connectivity index (χ3n) is 5.40. The van der Waals surface area contributed by atoms with Crippen LogP contribution in [0.25, 0.3) is 11.1 Å².